The van der Waals surface area contributed by atoms with E-state index in [4.69, 9.17) is 0 Å². The zero-order valence-corrected chi connectivity index (χ0v) is 14.8. The van der Waals surface area contributed by atoms with Crippen LogP contribution in [0.2, 0.25) is 0 Å². The molecular weight excluding hydrogens is 312 g/mol. The molecule has 1 aromatic carbocycles. The maximum absolute atomic E-state index is 12.1. The average Bonchev–Trinajstić information content (AvgIpc) is 2.64. The molecule has 5 nitrogen and oxygen atoms in total. The predicted molar refractivity (Wildman–Crippen MR) is 99.5 cm³/mol. The van der Waals surface area contributed by atoms with Crippen LogP contribution < -0.4 is 5.32 Å². The van der Waals surface area contributed by atoms with Crippen molar-refractivity contribution in [3.63, 3.8) is 0 Å². The summed E-state index contributed by atoms with van der Waals surface area (Å²) in [7, 11) is 0. The molecule has 1 amide bonds. The third-order valence-electron chi connectivity index (χ3n) is 4.55. The first-order valence-corrected chi connectivity index (χ1v) is 8.91. The number of nitrogens with one attached hydrogen (secondary N) is 1. The Morgan fingerprint density at radius 1 is 1.00 bits per heavy atom. The summed E-state index contributed by atoms with van der Waals surface area (Å²) in [6, 6.07) is 16.1. The molecule has 1 saturated heterocycles. The number of aryl methyl sites for hydroxylation is 1. The summed E-state index contributed by atoms with van der Waals surface area (Å²) < 4.78 is 0. The van der Waals surface area contributed by atoms with Gasteiger partial charge in [-0.1, -0.05) is 36.4 Å². The van der Waals surface area contributed by atoms with E-state index in [0.29, 0.717) is 12.2 Å². The number of nitrogens with zero attached hydrogens (tertiary/aromatic N) is 3. The van der Waals surface area contributed by atoms with Crippen LogP contribution in [-0.4, -0.2) is 60.0 Å². The van der Waals surface area contributed by atoms with Crippen LogP contribution in [0, 0.1) is 6.92 Å². The molecule has 0 atom stereocenters. The van der Waals surface area contributed by atoms with E-state index in [1.807, 2.05) is 19.1 Å². The molecule has 1 N–H and O–H groups in total. The second-order valence-electron chi connectivity index (χ2n) is 6.52. The molecule has 0 aliphatic carbocycles. The first-order chi connectivity index (χ1) is 12.2. The molecule has 1 fully saturated rings. The van der Waals surface area contributed by atoms with Crippen molar-refractivity contribution in [1.29, 1.82) is 0 Å². The van der Waals surface area contributed by atoms with Crippen LogP contribution in [0.5, 0.6) is 0 Å². The standard InChI is InChI=1S/C20H26N4O/c1-17-6-5-9-19(22-17)20(25)21-10-11-23-12-14-24(15-13-23)16-18-7-3-2-4-8-18/h2-9H,10-16H2,1H3,(H,21,25). The van der Waals surface area contributed by atoms with Crippen molar-refractivity contribution < 1.29 is 4.79 Å². The molecule has 0 unspecified atom stereocenters. The van der Waals surface area contributed by atoms with Crippen LogP contribution in [0.15, 0.2) is 48.5 Å². The molecule has 1 aromatic heterocycles. The van der Waals surface area contributed by atoms with Crippen molar-refractivity contribution >= 4 is 5.91 Å². The number of benzene rings is 1. The van der Waals surface area contributed by atoms with Crippen molar-refractivity contribution in [1.82, 2.24) is 20.1 Å². The molecule has 132 valence electrons. The smallest absolute Gasteiger partial charge is 0.269 e. The monoisotopic (exact) mass is 338 g/mol. The van der Waals surface area contributed by atoms with Crippen LogP contribution in [0.25, 0.3) is 0 Å². The van der Waals surface area contributed by atoms with E-state index >= 15 is 0 Å². The fourth-order valence-corrected chi connectivity index (χ4v) is 3.10. The SMILES string of the molecule is Cc1cccc(C(=O)NCCN2CCN(Cc3ccccc3)CC2)n1. The molecule has 2 aromatic rings. The lowest BCUT2D eigenvalue weighted by Crippen LogP contribution is -2.48. The van der Waals surface area contributed by atoms with E-state index in [0.717, 1.165) is 45.0 Å². The van der Waals surface area contributed by atoms with Gasteiger partial charge in [-0.25, -0.2) is 4.98 Å². The van der Waals surface area contributed by atoms with E-state index in [1.165, 1.54) is 5.56 Å². The van der Waals surface area contributed by atoms with Gasteiger partial charge in [-0.15, -0.1) is 0 Å². The fourth-order valence-electron chi connectivity index (χ4n) is 3.10. The molecule has 5 heteroatoms. The maximum Gasteiger partial charge on any atom is 0.269 e. The number of aromatic nitrogens is 1. The van der Waals surface area contributed by atoms with Gasteiger partial charge < -0.3 is 5.32 Å². The Labute approximate surface area is 149 Å². The maximum atomic E-state index is 12.1. The summed E-state index contributed by atoms with van der Waals surface area (Å²) in [4.78, 5) is 21.2. The minimum absolute atomic E-state index is 0.0913. The highest BCUT2D eigenvalue weighted by Gasteiger charge is 2.17. The average molecular weight is 338 g/mol. The topological polar surface area (TPSA) is 48.5 Å². The van der Waals surface area contributed by atoms with Crippen molar-refractivity contribution in [2.75, 3.05) is 39.3 Å². The Hall–Kier alpha value is -2.24. The Morgan fingerprint density at radius 2 is 1.72 bits per heavy atom. The quantitative estimate of drug-likeness (QED) is 0.874. The lowest BCUT2D eigenvalue weighted by molar-refractivity contribution is 0.0929. The summed E-state index contributed by atoms with van der Waals surface area (Å²) in [5.74, 6) is -0.0913. The van der Waals surface area contributed by atoms with Crippen molar-refractivity contribution in [3.05, 3.63) is 65.5 Å². The predicted octanol–water partition coefficient (Wildman–Crippen LogP) is 1.94. The summed E-state index contributed by atoms with van der Waals surface area (Å²) in [5.41, 5.74) is 2.73. The van der Waals surface area contributed by atoms with Crippen molar-refractivity contribution in [2.45, 2.75) is 13.5 Å². The normalized spacial score (nSPS) is 15.9. The van der Waals surface area contributed by atoms with Crippen molar-refractivity contribution in [2.24, 2.45) is 0 Å². The minimum Gasteiger partial charge on any atom is -0.349 e. The second kappa shape index (κ2) is 8.74. The fraction of sp³-hybridized carbons (Fsp3) is 0.400. The van der Waals surface area contributed by atoms with Gasteiger partial charge in [0.05, 0.1) is 0 Å². The van der Waals surface area contributed by atoms with E-state index < -0.39 is 0 Å². The number of hydrogen-bond acceptors (Lipinski definition) is 4. The highest BCUT2D eigenvalue weighted by molar-refractivity contribution is 5.92. The van der Waals surface area contributed by atoms with Gasteiger partial charge in [0, 0.05) is 51.5 Å². The second-order valence-corrected chi connectivity index (χ2v) is 6.52. The van der Waals surface area contributed by atoms with Crippen LogP contribution >= 0.6 is 0 Å². The number of carbonyl (C=O) groups is 1. The van der Waals surface area contributed by atoms with E-state index in [9.17, 15) is 4.79 Å². The molecule has 3 rings (SSSR count). The Kier molecular flexibility index (Phi) is 6.14. The molecule has 1 aliphatic rings. The van der Waals surface area contributed by atoms with E-state index in [-0.39, 0.29) is 5.91 Å². The Morgan fingerprint density at radius 3 is 2.44 bits per heavy atom. The van der Waals surface area contributed by atoms with Gasteiger partial charge in [-0.3, -0.25) is 14.6 Å². The van der Waals surface area contributed by atoms with Crippen LogP contribution in [0.3, 0.4) is 0 Å². The Bertz CT molecular complexity index is 681. The molecule has 0 saturated carbocycles. The van der Waals surface area contributed by atoms with Crippen LogP contribution in [0.4, 0.5) is 0 Å². The van der Waals surface area contributed by atoms with E-state index in [2.05, 4.69) is 50.4 Å². The first-order valence-electron chi connectivity index (χ1n) is 8.91. The highest BCUT2D eigenvalue weighted by Crippen LogP contribution is 2.08. The minimum atomic E-state index is -0.0913. The molecule has 0 radical (unpaired) electrons. The van der Waals surface area contributed by atoms with Gasteiger partial charge in [-0.05, 0) is 24.6 Å². The summed E-state index contributed by atoms with van der Waals surface area (Å²) in [6.07, 6.45) is 0. The largest absolute Gasteiger partial charge is 0.349 e. The van der Waals surface area contributed by atoms with Crippen molar-refractivity contribution in [3.8, 4) is 0 Å². The molecule has 0 bridgehead atoms. The number of amides is 1. The number of rotatable bonds is 6. The van der Waals surface area contributed by atoms with Gasteiger partial charge in [0.15, 0.2) is 0 Å². The summed E-state index contributed by atoms with van der Waals surface area (Å²) >= 11 is 0. The number of pyridine rings is 1. The highest BCUT2D eigenvalue weighted by atomic mass is 16.1. The molecular formula is C20H26N4O. The number of hydrogen-bond donors (Lipinski definition) is 1. The first kappa shape index (κ1) is 17.6. The third kappa shape index (κ3) is 5.37. The van der Waals surface area contributed by atoms with Crippen LogP contribution in [0.1, 0.15) is 21.7 Å². The summed E-state index contributed by atoms with van der Waals surface area (Å²) in [6.45, 7) is 8.70. The summed E-state index contributed by atoms with van der Waals surface area (Å²) in [5, 5.41) is 2.97. The van der Waals surface area contributed by atoms with Gasteiger partial charge in [0.2, 0.25) is 0 Å². The van der Waals surface area contributed by atoms with Crippen LogP contribution in [-0.2, 0) is 6.54 Å². The molecule has 2 heterocycles. The molecule has 1 aliphatic heterocycles. The lowest BCUT2D eigenvalue weighted by Gasteiger charge is -2.34. The number of carbonyl (C=O) groups excluding carboxylic acids is 1. The lowest BCUT2D eigenvalue weighted by atomic mass is 10.2. The third-order valence-corrected chi connectivity index (χ3v) is 4.55. The molecule has 25 heavy (non-hydrogen) atoms. The molecule has 0 spiro atoms. The van der Waals surface area contributed by atoms with Gasteiger partial charge >= 0.3 is 0 Å². The Balaban J connectivity index is 1.36. The van der Waals surface area contributed by atoms with Gasteiger partial charge in [0.25, 0.3) is 5.91 Å². The number of piperazine rings is 1. The zero-order valence-electron chi connectivity index (χ0n) is 14.8. The van der Waals surface area contributed by atoms with E-state index in [1.54, 1.807) is 6.07 Å². The zero-order chi connectivity index (χ0) is 17.5. The van der Waals surface area contributed by atoms with Gasteiger partial charge in [0.1, 0.15) is 5.69 Å². The van der Waals surface area contributed by atoms with Gasteiger partial charge in [-0.2, -0.15) is 0 Å².